The van der Waals surface area contributed by atoms with Gasteiger partial charge >= 0.3 is 0 Å². The van der Waals surface area contributed by atoms with Gasteiger partial charge in [-0.05, 0) is 11.1 Å². The van der Waals surface area contributed by atoms with Crippen LogP contribution in [0.25, 0.3) is 0 Å². The van der Waals surface area contributed by atoms with Crippen LogP contribution in [0.15, 0.2) is 60.7 Å². The highest BCUT2D eigenvalue weighted by Gasteiger charge is 2.20. The van der Waals surface area contributed by atoms with Gasteiger partial charge < -0.3 is 14.6 Å². The molecule has 4 heteroatoms. The van der Waals surface area contributed by atoms with Crippen molar-refractivity contribution in [3.05, 3.63) is 71.8 Å². The lowest BCUT2D eigenvalue weighted by Crippen LogP contribution is -2.34. The molecule has 2 rings (SSSR count). The monoisotopic (exact) mass is 304 g/mol. The van der Waals surface area contributed by atoms with Crippen LogP contribution < -0.4 is 0 Å². The van der Waals surface area contributed by atoms with Crippen molar-refractivity contribution in [3.63, 3.8) is 0 Å². The predicted molar refractivity (Wildman–Crippen MR) is 83.1 cm³/mol. The van der Waals surface area contributed by atoms with Crippen molar-refractivity contribution < 1.29 is 19.0 Å². The molecule has 0 fully saturated rings. The molecule has 22 heavy (non-hydrogen) atoms. The number of benzene rings is 2. The Kier molecular flexibility index (Phi) is 7.03. The van der Waals surface area contributed by atoms with Gasteiger partial charge in [-0.2, -0.15) is 0 Å². The largest absolute Gasteiger partial charge is 0.388 e. The van der Waals surface area contributed by atoms with Crippen LogP contribution >= 0.6 is 0 Å². The van der Waals surface area contributed by atoms with E-state index in [1.54, 1.807) is 0 Å². The average Bonchev–Trinajstić information content (AvgIpc) is 2.57. The summed E-state index contributed by atoms with van der Waals surface area (Å²) in [6.07, 6.45) is -1.87. The first-order valence-electron chi connectivity index (χ1n) is 7.31. The first kappa shape index (κ1) is 16.6. The summed E-state index contributed by atoms with van der Waals surface area (Å²) in [6.45, 7) is -0.0538. The molecular formula is C18H21FO3. The summed E-state index contributed by atoms with van der Waals surface area (Å²) in [4.78, 5) is 0. The Morgan fingerprint density at radius 1 is 0.864 bits per heavy atom. The van der Waals surface area contributed by atoms with E-state index in [1.807, 2.05) is 60.7 Å². The zero-order chi connectivity index (χ0) is 15.6. The van der Waals surface area contributed by atoms with Crippen LogP contribution in [0, 0.1) is 0 Å². The summed E-state index contributed by atoms with van der Waals surface area (Å²) in [5.41, 5.74) is 1.95. The van der Waals surface area contributed by atoms with E-state index >= 15 is 0 Å². The van der Waals surface area contributed by atoms with E-state index in [0.29, 0.717) is 6.61 Å². The number of hydrogen-bond donors (Lipinski definition) is 1. The molecule has 2 atom stereocenters. The maximum Gasteiger partial charge on any atom is 0.118 e. The molecule has 0 aliphatic rings. The van der Waals surface area contributed by atoms with Crippen LogP contribution in [0.3, 0.4) is 0 Å². The third-order valence-corrected chi connectivity index (χ3v) is 3.29. The Morgan fingerprint density at radius 3 is 1.95 bits per heavy atom. The highest BCUT2D eigenvalue weighted by molar-refractivity contribution is 5.14. The van der Waals surface area contributed by atoms with Gasteiger partial charge in [0.1, 0.15) is 18.9 Å². The standard InChI is InChI=1S/C18H21FO3/c19-11-18(22-13-16-9-5-2-6-10-16)17(20)14-21-12-15-7-3-1-4-8-15/h1-10,17-18,20H,11-14H2/t17-,18+/m1/s1. The van der Waals surface area contributed by atoms with Crippen LogP contribution in [-0.4, -0.2) is 30.6 Å². The molecule has 0 aromatic heterocycles. The number of rotatable bonds is 9. The maximum atomic E-state index is 13.0. The molecule has 0 aliphatic carbocycles. The van der Waals surface area contributed by atoms with Gasteiger partial charge in [0.2, 0.25) is 0 Å². The van der Waals surface area contributed by atoms with Gasteiger partial charge in [0.05, 0.1) is 19.8 Å². The predicted octanol–water partition coefficient (Wildman–Crippen LogP) is 3.12. The molecule has 0 radical (unpaired) electrons. The molecule has 2 aromatic carbocycles. The van der Waals surface area contributed by atoms with Gasteiger partial charge in [-0.1, -0.05) is 60.7 Å². The van der Waals surface area contributed by atoms with Crippen molar-refractivity contribution in [2.75, 3.05) is 13.3 Å². The molecule has 1 N–H and O–H groups in total. The number of aliphatic hydroxyl groups excluding tert-OH is 1. The van der Waals surface area contributed by atoms with Crippen molar-refractivity contribution in [2.24, 2.45) is 0 Å². The van der Waals surface area contributed by atoms with Crippen LogP contribution in [0.5, 0.6) is 0 Å². The van der Waals surface area contributed by atoms with Crippen LogP contribution in [-0.2, 0) is 22.7 Å². The molecule has 2 aromatic rings. The first-order valence-corrected chi connectivity index (χ1v) is 7.31. The third-order valence-electron chi connectivity index (χ3n) is 3.29. The van der Waals surface area contributed by atoms with E-state index < -0.39 is 18.9 Å². The fourth-order valence-corrected chi connectivity index (χ4v) is 2.02. The summed E-state index contributed by atoms with van der Waals surface area (Å²) in [6, 6.07) is 19.1. The van der Waals surface area contributed by atoms with E-state index in [4.69, 9.17) is 9.47 Å². The second-order valence-corrected chi connectivity index (χ2v) is 5.06. The third kappa shape index (κ3) is 5.56. The van der Waals surface area contributed by atoms with E-state index in [2.05, 4.69) is 0 Å². The zero-order valence-electron chi connectivity index (χ0n) is 12.4. The van der Waals surface area contributed by atoms with Gasteiger partial charge in [-0.25, -0.2) is 4.39 Å². The Labute approximate surface area is 130 Å². The lowest BCUT2D eigenvalue weighted by Gasteiger charge is -2.20. The number of halogens is 1. The molecule has 0 unspecified atom stereocenters. The van der Waals surface area contributed by atoms with Gasteiger partial charge in [0.25, 0.3) is 0 Å². The van der Waals surface area contributed by atoms with E-state index in [-0.39, 0.29) is 13.2 Å². The van der Waals surface area contributed by atoms with Gasteiger partial charge in [-0.15, -0.1) is 0 Å². The second kappa shape index (κ2) is 9.30. The number of hydrogen-bond acceptors (Lipinski definition) is 3. The van der Waals surface area contributed by atoms with E-state index in [0.717, 1.165) is 11.1 Å². The summed E-state index contributed by atoms with van der Waals surface area (Å²) >= 11 is 0. The van der Waals surface area contributed by atoms with Crippen LogP contribution in [0.4, 0.5) is 4.39 Å². The minimum atomic E-state index is -0.988. The fourth-order valence-electron chi connectivity index (χ4n) is 2.02. The molecule has 3 nitrogen and oxygen atoms in total. The summed E-state index contributed by atoms with van der Waals surface area (Å²) in [7, 11) is 0. The smallest absolute Gasteiger partial charge is 0.118 e. The SMILES string of the molecule is O[C@H](COCc1ccccc1)[C@H](CF)OCc1ccccc1. The minimum Gasteiger partial charge on any atom is -0.388 e. The summed E-state index contributed by atoms with van der Waals surface area (Å²) in [5.74, 6) is 0. The van der Waals surface area contributed by atoms with Crippen LogP contribution in [0.1, 0.15) is 11.1 Å². The lowest BCUT2D eigenvalue weighted by molar-refractivity contribution is -0.0881. The number of aliphatic hydroxyl groups is 1. The van der Waals surface area contributed by atoms with Crippen molar-refractivity contribution in [1.29, 1.82) is 0 Å². The molecule has 0 amide bonds. The van der Waals surface area contributed by atoms with Gasteiger partial charge in [-0.3, -0.25) is 0 Å². The highest BCUT2D eigenvalue weighted by atomic mass is 19.1. The van der Waals surface area contributed by atoms with Crippen molar-refractivity contribution in [3.8, 4) is 0 Å². The molecule has 0 aliphatic heterocycles. The second-order valence-electron chi connectivity index (χ2n) is 5.06. The molecule has 0 spiro atoms. The van der Waals surface area contributed by atoms with Crippen molar-refractivity contribution in [2.45, 2.75) is 25.4 Å². The van der Waals surface area contributed by atoms with Gasteiger partial charge in [0.15, 0.2) is 0 Å². The number of ether oxygens (including phenoxy) is 2. The first-order chi connectivity index (χ1) is 10.8. The summed E-state index contributed by atoms with van der Waals surface area (Å²) in [5, 5.41) is 9.97. The lowest BCUT2D eigenvalue weighted by atomic mass is 10.2. The normalized spacial score (nSPS) is 13.7. The van der Waals surface area contributed by atoms with Crippen molar-refractivity contribution >= 4 is 0 Å². The Hall–Kier alpha value is -1.75. The molecule has 0 heterocycles. The number of alkyl halides is 1. The Morgan fingerprint density at radius 2 is 1.41 bits per heavy atom. The Bertz CT molecular complexity index is 518. The fraction of sp³-hybridized carbons (Fsp3) is 0.333. The zero-order valence-corrected chi connectivity index (χ0v) is 12.4. The van der Waals surface area contributed by atoms with E-state index in [9.17, 15) is 9.50 Å². The topological polar surface area (TPSA) is 38.7 Å². The quantitative estimate of drug-likeness (QED) is 0.773. The molecule has 0 bridgehead atoms. The maximum absolute atomic E-state index is 13.0. The summed E-state index contributed by atoms with van der Waals surface area (Å²) < 4.78 is 23.9. The minimum absolute atomic E-state index is 0.0400. The molecule has 118 valence electrons. The van der Waals surface area contributed by atoms with Crippen molar-refractivity contribution in [1.82, 2.24) is 0 Å². The molecule has 0 saturated heterocycles. The van der Waals surface area contributed by atoms with Gasteiger partial charge in [0, 0.05) is 0 Å². The molecule has 0 saturated carbocycles. The average molecular weight is 304 g/mol. The molecular weight excluding hydrogens is 283 g/mol. The van der Waals surface area contributed by atoms with E-state index in [1.165, 1.54) is 0 Å². The highest BCUT2D eigenvalue weighted by Crippen LogP contribution is 2.09. The van der Waals surface area contributed by atoms with Crippen LogP contribution in [0.2, 0.25) is 0 Å². The Balaban J connectivity index is 1.73.